The Hall–Kier alpha value is -1.60. The molecule has 0 aliphatic rings. The van der Waals surface area contributed by atoms with E-state index >= 15 is 0 Å². The number of hydrogen-bond donors (Lipinski definition) is 0. The van der Waals surface area contributed by atoms with Gasteiger partial charge < -0.3 is 0 Å². The molecule has 0 aliphatic carbocycles. The first kappa shape index (κ1) is 14.8. The van der Waals surface area contributed by atoms with Crippen LogP contribution in [0.15, 0.2) is 60.7 Å². The zero-order valence-electron chi connectivity index (χ0n) is 12.8. The Morgan fingerprint density at radius 1 is 0.700 bits per heavy atom. The standard InChI is InChI=1S/C19H26N/c1-3-5-12-17-20(4-2,18-13-8-6-9-14-18)19-15-10-7-11-16-19/h6-11,13-16H,3-5,12,17H2,1-2H3/q+1. The molecule has 0 fully saturated rings. The van der Waals surface area contributed by atoms with Crippen molar-refractivity contribution in [3.05, 3.63) is 60.7 Å². The van der Waals surface area contributed by atoms with Crippen molar-refractivity contribution in [1.29, 1.82) is 0 Å². The Kier molecular flexibility index (Phi) is 5.37. The van der Waals surface area contributed by atoms with Crippen molar-refractivity contribution in [3.63, 3.8) is 0 Å². The molecule has 0 saturated carbocycles. The van der Waals surface area contributed by atoms with Crippen LogP contribution in [0.5, 0.6) is 0 Å². The van der Waals surface area contributed by atoms with Crippen LogP contribution >= 0.6 is 0 Å². The number of benzene rings is 2. The van der Waals surface area contributed by atoms with Gasteiger partial charge in [0.15, 0.2) is 0 Å². The van der Waals surface area contributed by atoms with Gasteiger partial charge in [0, 0.05) is 0 Å². The molecule has 0 spiro atoms. The Balaban J connectivity index is 2.41. The lowest BCUT2D eigenvalue weighted by Gasteiger charge is -2.37. The summed E-state index contributed by atoms with van der Waals surface area (Å²) in [4.78, 5) is 0. The summed E-state index contributed by atoms with van der Waals surface area (Å²) in [5.41, 5.74) is 2.80. The molecule has 1 nitrogen and oxygen atoms in total. The van der Waals surface area contributed by atoms with Crippen LogP contribution in [-0.2, 0) is 0 Å². The molecule has 106 valence electrons. The molecular formula is C19H26N+. The SMILES string of the molecule is CCCCC[N+](CC)(c1ccccc1)c1ccccc1. The van der Waals surface area contributed by atoms with Crippen LogP contribution in [0.25, 0.3) is 0 Å². The first-order valence-corrected chi connectivity index (χ1v) is 7.82. The summed E-state index contributed by atoms with van der Waals surface area (Å²) in [6.45, 7) is 6.84. The molecule has 0 bridgehead atoms. The maximum Gasteiger partial charge on any atom is 0.137 e. The smallest absolute Gasteiger partial charge is 0.137 e. The first-order chi connectivity index (χ1) is 9.83. The van der Waals surface area contributed by atoms with E-state index < -0.39 is 0 Å². The molecule has 20 heavy (non-hydrogen) atoms. The number of unbranched alkanes of at least 4 members (excludes halogenated alkanes) is 2. The van der Waals surface area contributed by atoms with Crippen molar-refractivity contribution in [2.75, 3.05) is 13.1 Å². The predicted molar refractivity (Wildman–Crippen MR) is 89.3 cm³/mol. The number of para-hydroxylation sites is 2. The lowest BCUT2D eigenvalue weighted by atomic mass is 10.1. The van der Waals surface area contributed by atoms with E-state index in [-0.39, 0.29) is 0 Å². The quantitative estimate of drug-likeness (QED) is 0.457. The maximum atomic E-state index is 2.30. The Bertz CT molecular complexity index is 450. The summed E-state index contributed by atoms with van der Waals surface area (Å²) in [5.74, 6) is 0. The van der Waals surface area contributed by atoms with E-state index in [4.69, 9.17) is 0 Å². The maximum absolute atomic E-state index is 2.30. The summed E-state index contributed by atoms with van der Waals surface area (Å²) in [6, 6.07) is 21.9. The number of nitrogens with zero attached hydrogens (tertiary/aromatic N) is 1. The molecule has 0 saturated heterocycles. The predicted octanol–water partition coefficient (Wildman–Crippen LogP) is 5.54. The molecule has 0 aromatic heterocycles. The van der Waals surface area contributed by atoms with Gasteiger partial charge in [-0.15, -0.1) is 0 Å². The zero-order valence-corrected chi connectivity index (χ0v) is 12.8. The van der Waals surface area contributed by atoms with Gasteiger partial charge in [0.1, 0.15) is 11.4 Å². The van der Waals surface area contributed by atoms with Crippen LogP contribution in [0.3, 0.4) is 0 Å². The molecular weight excluding hydrogens is 242 g/mol. The Morgan fingerprint density at radius 3 is 1.60 bits per heavy atom. The molecule has 0 radical (unpaired) electrons. The van der Waals surface area contributed by atoms with Crippen molar-refractivity contribution in [1.82, 2.24) is 4.48 Å². The molecule has 2 aromatic rings. The molecule has 2 rings (SSSR count). The fraction of sp³-hybridized carbons (Fsp3) is 0.368. The van der Waals surface area contributed by atoms with Gasteiger partial charge in [0.2, 0.25) is 0 Å². The van der Waals surface area contributed by atoms with E-state index in [0.29, 0.717) is 0 Å². The highest BCUT2D eigenvalue weighted by atomic mass is 15.4. The van der Waals surface area contributed by atoms with Crippen LogP contribution in [0.2, 0.25) is 0 Å². The summed E-state index contributed by atoms with van der Waals surface area (Å²) in [7, 11) is 0. The normalized spacial score (nSPS) is 11.5. The van der Waals surface area contributed by atoms with Gasteiger partial charge in [-0.05, 0) is 44.0 Å². The van der Waals surface area contributed by atoms with E-state index in [2.05, 4.69) is 74.5 Å². The average Bonchev–Trinajstić information content (AvgIpc) is 2.54. The van der Waals surface area contributed by atoms with Gasteiger partial charge in [-0.1, -0.05) is 49.7 Å². The molecule has 0 unspecified atom stereocenters. The highest BCUT2D eigenvalue weighted by molar-refractivity contribution is 5.58. The highest BCUT2D eigenvalue weighted by Crippen LogP contribution is 2.34. The second-order valence-electron chi connectivity index (χ2n) is 5.39. The summed E-state index contributed by atoms with van der Waals surface area (Å²) in [5, 5.41) is 0. The Labute approximate surface area is 123 Å². The third-order valence-corrected chi connectivity index (χ3v) is 4.18. The summed E-state index contributed by atoms with van der Waals surface area (Å²) in [6.07, 6.45) is 3.85. The zero-order chi connectivity index (χ0) is 14.3. The van der Waals surface area contributed by atoms with E-state index in [1.165, 1.54) is 37.2 Å². The van der Waals surface area contributed by atoms with Crippen LogP contribution in [0.1, 0.15) is 33.1 Å². The van der Waals surface area contributed by atoms with Gasteiger partial charge in [0.05, 0.1) is 13.1 Å². The Morgan fingerprint density at radius 2 is 1.20 bits per heavy atom. The third kappa shape index (κ3) is 3.10. The van der Waals surface area contributed by atoms with Crippen molar-refractivity contribution < 1.29 is 0 Å². The largest absolute Gasteiger partial charge is 0.259 e. The number of rotatable bonds is 7. The van der Waals surface area contributed by atoms with Gasteiger partial charge >= 0.3 is 0 Å². The van der Waals surface area contributed by atoms with Crippen molar-refractivity contribution in [3.8, 4) is 0 Å². The van der Waals surface area contributed by atoms with Crippen LogP contribution in [0.4, 0.5) is 11.4 Å². The van der Waals surface area contributed by atoms with Crippen LogP contribution in [0, 0.1) is 0 Å². The highest BCUT2D eigenvalue weighted by Gasteiger charge is 2.30. The lowest BCUT2D eigenvalue weighted by molar-refractivity contribution is 0.386. The molecule has 0 atom stereocenters. The monoisotopic (exact) mass is 268 g/mol. The molecule has 1 heteroatoms. The second-order valence-corrected chi connectivity index (χ2v) is 5.39. The molecule has 2 aromatic carbocycles. The fourth-order valence-electron chi connectivity index (χ4n) is 2.99. The molecule has 0 N–H and O–H groups in total. The van der Waals surface area contributed by atoms with E-state index in [9.17, 15) is 0 Å². The van der Waals surface area contributed by atoms with E-state index in [1.54, 1.807) is 0 Å². The van der Waals surface area contributed by atoms with Crippen molar-refractivity contribution in [2.24, 2.45) is 0 Å². The van der Waals surface area contributed by atoms with E-state index in [0.717, 1.165) is 11.0 Å². The van der Waals surface area contributed by atoms with E-state index in [1.807, 2.05) is 0 Å². The average molecular weight is 268 g/mol. The summed E-state index contributed by atoms with van der Waals surface area (Å²) >= 11 is 0. The third-order valence-electron chi connectivity index (χ3n) is 4.18. The van der Waals surface area contributed by atoms with Crippen molar-refractivity contribution in [2.45, 2.75) is 33.1 Å². The van der Waals surface area contributed by atoms with Crippen LogP contribution in [-0.4, -0.2) is 13.1 Å². The van der Waals surface area contributed by atoms with Crippen molar-refractivity contribution >= 4 is 11.4 Å². The molecule has 0 amide bonds. The first-order valence-electron chi connectivity index (χ1n) is 7.82. The van der Waals surface area contributed by atoms with Gasteiger partial charge in [-0.2, -0.15) is 0 Å². The fourth-order valence-corrected chi connectivity index (χ4v) is 2.99. The minimum Gasteiger partial charge on any atom is -0.259 e. The topological polar surface area (TPSA) is 0 Å². The number of quaternary nitrogens is 1. The minimum atomic E-state index is 0.960. The van der Waals surface area contributed by atoms with Gasteiger partial charge in [-0.25, -0.2) is 0 Å². The molecule has 0 aliphatic heterocycles. The van der Waals surface area contributed by atoms with Gasteiger partial charge in [0.25, 0.3) is 0 Å². The lowest BCUT2D eigenvalue weighted by Crippen LogP contribution is -2.44. The van der Waals surface area contributed by atoms with Crippen LogP contribution < -0.4 is 4.48 Å². The number of hydrogen-bond acceptors (Lipinski definition) is 0. The molecule has 0 heterocycles. The second kappa shape index (κ2) is 7.25. The van der Waals surface area contributed by atoms with Gasteiger partial charge in [-0.3, -0.25) is 4.48 Å². The summed E-state index contributed by atoms with van der Waals surface area (Å²) < 4.78 is 0.960. The minimum absolute atomic E-state index is 0.960.